The number of aromatic nitrogens is 2. The highest BCUT2D eigenvalue weighted by Crippen LogP contribution is 2.24. The number of anilines is 1. The van der Waals surface area contributed by atoms with Gasteiger partial charge in [0.1, 0.15) is 5.69 Å². The molecule has 1 aromatic rings. The van der Waals surface area contributed by atoms with Crippen LogP contribution in [-0.2, 0) is 22.8 Å². The number of nitrogens with two attached hydrogens (primary N) is 1. The lowest BCUT2D eigenvalue weighted by Gasteiger charge is -2.17. The molecule has 0 radical (unpaired) electrons. The fourth-order valence-corrected chi connectivity index (χ4v) is 4.49. The normalized spacial score (nSPS) is 21.9. The van der Waals surface area contributed by atoms with Crippen molar-refractivity contribution in [2.24, 2.45) is 0 Å². The van der Waals surface area contributed by atoms with Crippen LogP contribution in [0.5, 0.6) is 0 Å². The van der Waals surface area contributed by atoms with Gasteiger partial charge in [-0.1, -0.05) is 13.3 Å². The van der Waals surface area contributed by atoms with Crippen LogP contribution in [0.25, 0.3) is 0 Å². The number of nitrogen functional groups attached to an aromatic ring is 1. The van der Waals surface area contributed by atoms with E-state index in [1.165, 1.54) is 0 Å². The molecular weight excluding hydrogens is 266 g/mol. The number of sulfone groups is 1. The first-order chi connectivity index (χ1) is 8.91. The van der Waals surface area contributed by atoms with E-state index in [1.54, 1.807) is 4.68 Å². The molecule has 0 bridgehead atoms. The second-order valence-corrected chi connectivity index (χ2v) is 7.26. The van der Waals surface area contributed by atoms with E-state index < -0.39 is 9.84 Å². The molecule has 1 aromatic heterocycles. The van der Waals surface area contributed by atoms with Crippen molar-refractivity contribution in [2.75, 3.05) is 17.2 Å². The molecule has 0 aromatic carbocycles. The molecule has 1 unspecified atom stereocenters. The Morgan fingerprint density at radius 2 is 2.05 bits per heavy atom. The fraction of sp³-hybridized carbons (Fsp3) is 0.750. The summed E-state index contributed by atoms with van der Waals surface area (Å²) in [6, 6.07) is -0.273. The Kier molecular flexibility index (Phi) is 3.75. The third-order valence-electron chi connectivity index (χ3n) is 3.66. The Balaban J connectivity index is 2.52. The number of hydrogen-bond donors (Lipinski definition) is 1. The van der Waals surface area contributed by atoms with Gasteiger partial charge in [-0.05, 0) is 19.8 Å². The summed E-state index contributed by atoms with van der Waals surface area (Å²) >= 11 is 0. The first-order valence-electron chi connectivity index (χ1n) is 6.71. The Hall–Kier alpha value is -1.24. The highest BCUT2D eigenvalue weighted by molar-refractivity contribution is 7.91. The molecular formula is C12H21N3O3S. The van der Waals surface area contributed by atoms with E-state index in [9.17, 15) is 13.2 Å². The average molecular weight is 287 g/mol. The predicted octanol–water partition coefficient (Wildman–Crippen LogP) is 0.564. The topological polar surface area (TPSA) is 87.1 Å². The number of nitrogens with zero attached hydrogens (tertiary/aromatic N) is 2. The second-order valence-electron chi connectivity index (χ2n) is 5.03. The van der Waals surface area contributed by atoms with Gasteiger partial charge in [0.25, 0.3) is 5.56 Å². The molecule has 7 heteroatoms. The Bertz CT molecular complexity index is 627. The van der Waals surface area contributed by atoms with Crippen LogP contribution in [0.3, 0.4) is 0 Å². The average Bonchev–Trinajstić information content (AvgIpc) is 2.81. The van der Waals surface area contributed by atoms with E-state index >= 15 is 0 Å². The summed E-state index contributed by atoms with van der Waals surface area (Å²) in [6.45, 7) is 4.59. The first kappa shape index (κ1) is 14.2. The monoisotopic (exact) mass is 287 g/mol. The number of rotatable bonds is 4. The van der Waals surface area contributed by atoms with E-state index in [0.717, 1.165) is 18.5 Å². The maximum atomic E-state index is 12.3. The zero-order valence-corrected chi connectivity index (χ0v) is 12.2. The van der Waals surface area contributed by atoms with Crippen LogP contribution < -0.4 is 11.3 Å². The lowest BCUT2D eigenvalue weighted by Crippen LogP contribution is -2.29. The van der Waals surface area contributed by atoms with Crippen molar-refractivity contribution < 1.29 is 8.42 Å². The quantitative estimate of drug-likeness (QED) is 0.876. The van der Waals surface area contributed by atoms with E-state index in [4.69, 9.17) is 5.73 Å². The second kappa shape index (κ2) is 5.03. The molecule has 0 aliphatic carbocycles. The molecule has 6 nitrogen and oxygen atoms in total. The van der Waals surface area contributed by atoms with Crippen LogP contribution in [0.2, 0.25) is 0 Å². The van der Waals surface area contributed by atoms with Gasteiger partial charge in [-0.15, -0.1) is 0 Å². The Morgan fingerprint density at radius 3 is 2.53 bits per heavy atom. The van der Waals surface area contributed by atoms with E-state index in [1.807, 2.05) is 18.5 Å². The van der Waals surface area contributed by atoms with Gasteiger partial charge in [0, 0.05) is 6.54 Å². The van der Waals surface area contributed by atoms with Crippen LogP contribution in [0.1, 0.15) is 38.4 Å². The molecule has 1 aliphatic rings. The van der Waals surface area contributed by atoms with Crippen molar-refractivity contribution in [3.63, 3.8) is 0 Å². The van der Waals surface area contributed by atoms with Crippen molar-refractivity contribution in [3.05, 3.63) is 16.0 Å². The lowest BCUT2D eigenvalue weighted by atomic mass is 10.2. The standard InChI is InChI=1S/C12H21N3O3S/c1-3-5-10-11(13)12(16)15(14(10)4-2)9-6-7-19(17,18)8-9/h9H,3-8,13H2,1-2H3. The molecule has 0 amide bonds. The minimum Gasteiger partial charge on any atom is -0.393 e. The van der Waals surface area contributed by atoms with Gasteiger partial charge in [-0.25, -0.2) is 13.1 Å². The van der Waals surface area contributed by atoms with Gasteiger partial charge in [-0.3, -0.25) is 9.48 Å². The molecule has 108 valence electrons. The summed E-state index contributed by atoms with van der Waals surface area (Å²) in [7, 11) is -3.02. The van der Waals surface area contributed by atoms with Crippen molar-refractivity contribution in [1.29, 1.82) is 0 Å². The molecule has 2 N–H and O–H groups in total. The molecule has 2 heterocycles. The molecule has 1 fully saturated rings. The predicted molar refractivity (Wildman–Crippen MR) is 75.1 cm³/mol. The summed E-state index contributed by atoms with van der Waals surface area (Å²) in [5.74, 6) is 0.198. The lowest BCUT2D eigenvalue weighted by molar-refractivity contribution is 0.384. The molecule has 19 heavy (non-hydrogen) atoms. The highest BCUT2D eigenvalue weighted by atomic mass is 32.2. The van der Waals surface area contributed by atoms with E-state index in [-0.39, 0.29) is 28.8 Å². The van der Waals surface area contributed by atoms with Gasteiger partial charge in [0.05, 0.1) is 23.2 Å². The van der Waals surface area contributed by atoms with Crippen molar-refractivity contribution >= 4 is 15.5 Å². The number of hydrogen-bond acceptors (Lipinski definition) is 4. The molecule has 1 aliphatic heterocycles. The van der Waals surface area contributed by atoms with Gasteiger partial charge >= 0.3 is 0 Å². The smallest absolute Gasteiger partial charge is 0.290 e. The van der Waals surface area contributed by atoms with Crippen molar-refractivity contribution in [2.45, 2.75) is 45.7 Å². The molecule has 1 atom stereocenters. The largest absolute Gasteiger partial charge is 0.393 e. The maximum absolute atomic E-state index is 12.3. The van der Waals surface area contributed by atoms with E-state index in [0.29, 0.717) is 13.0 Å². The van der Waals surface area contributed by atoms with Crippen LogP contribution in [0.15, 0.2) is 4.79 Å². The minimum atomic E-state index is -3.02. The Morgan fingerprint density at radius 1 is 1.37 bits per heavy atom. The van der Waals surface area contributed by atoms with Gasteiger partial charge in [0.2, 0.25) is 0 Å². The summed E-state index contributed by atoms with van der Waals surface area (Å²) < 4.78 is 26.6. The third kappa shape index (κ3) is 2.43. The zero-order valence-electron chi connectivity index (χ0n) is 11.4. The fourth-order valence-electron chi connectivity index (χ4n) is 2.80. The Labute approximate surface area is 113 Å². The molecule has 2 rings (SSSR count). The van der Waals surface area contributed by atoms with Gasteiger partial charge < -0.3 is 5.73 Å². The molecule has 0 saturated carbocycles. The third-order valence-corrected chi connectivity index (χ3v) is 5.41. The zero-order chi connectivity index (χ0) is 14.2. The summed E-state index contributed by atoms with van der Waals surface area (Å²) in [5.41, 5.74) is 6.76. The van der Waals surface area contributed by atoms with Crippen LogP contribution >= 0.6 is 0 Å². The SMILES string of the molecule is CCCc1c(N)c(=O)n(C2CCS(=O)(=O)C2)n1CC. The maximum Gasteiger partial charge on any atom is 0.290 e. The summed E-state index contributed by atoms with van der Waals surface area (Å²) in [4.78, 5) is 12.3. The highest BCUT2D eigenvalue weighted by Gasteiger charge is 2.32. The van der Waals surface area contributed by atoms with E-state index in [2.05, 4.69) is 0 Å². The van der Waals surface area contributed by atoms with Crippen molar-refractivity contribution in [3.8, 4) is 0 Å². The van der Waals surface area contributed by atoms with Crippen LogP contribution in [0, 0.1) is 0 Å². The first-order valence-corrected chi connectivity index (χ1v) is 8.53. The van der Waals surface area contributed by atoms with Crippen molar-refractivity contribution in [1.82, 2.24) is 9.36 Å². The van der Waals surface area contributed by atoms with Gasteiger partial charge in [0.15, 0.2) is 9.84 Å². The molecule has 0 spiro atoms. The van der Waals surface area contributed by atoms with Crippen LogP contribution in [-0.4, -0.2) is 29.3 Å². The molecule has 1 saturated heterocycles. The summed E-state index contributed by atoms with van der Waals surface area (Å²) in [6.07, 6.45) is 2.13. The minimum absolute atomic E-state index is 0.0436. The summed E-state index contributed by atoms with van der Waals surface area (Å²) in [5, 5.41) is 0. The van der Waals surface area contributed by atoms with Crippen LogP contribution in [0.4, 0.5) is 5.69 Å². The van der Waals surface area contributed by atoms with Gasteiger partial charge in [-0.2, -0.15) is 0 Å².